The predicted octanol–water partition coefficient (Wildman–Crippen LogP) is 3.71. The maximum atomic E-state index is 12.7. The molecule has 1 rings (SSSR count). The summed E-state index contributed by atoms with van der Waals surface area (Å²) in [7, 11) is -8.83. The normalized spacial score (nSPS) is 14.1. The lowest BCUT2D eigenvalue weighted by atomic mass is 10.2. The highest BCUT2D eigenvalue weighted by atomic mass is 35.5. The summed E-state index contributed by atoms with van der Waals surface area (Å²) in [6.07, 6.45) is 0. The second-order valence-electron chi connectivity index (χ2n) is 3.88. The van der Waals surface area contributed by atoms with Gasteiger partial charge in [0.1, 0.15) is 0 Å². The van der Waals surface area contributed by atoms with Crippen molar-refractivity contribution < 1.29 is 32.5 Å². The van der Waals surface area contributed by atoms with Crippen LogP contribution >= 0.6 is 27.0 Å². The third kappa shape index (κ3) is 5.81. The van der Waals surface area contributed by atoms with Crippen molar-refractivity contribution in [3.63, 3.8) is 0 Å². The van der Waals surface area contributed by atoms with Crippen molar-refractivity contribution in [2.24, 2.45) is 0 Å². The number of halogens is 1. The molecule has 0 radical (unpaired) electrons. The van der Waals surface area contributed by atoms with E-state index in [2.05, 4.69) is 4.52 Å². The summed E-state index contributed by atoms with van der Waals surface area (Å²) >= 11 is 5.76. The zero-order valence-corrected chi connectivity index (χ0v) is 14.1. The average molecular weight is 359 g/mol. The number of phosphoric acid groups is 1. The van der Waals surface area contributed by atoms with E-state index >= 15 is 0 Å². The van der Waals surface area contributed by atoms with E-state index in [-0.39, 0.29) is 18.8 Å². The zero-order valence-electron chi connectivity index (χ0n) is 11.5. The quantitative estimate of drug-likeness (QED) is 0.683. The van der Waals surface area contributed by atoms with Crippen LogP contribution in [0, 0.1) is 0 Å². The van der Waals surface area contributed by atoms with Crippen LogP contribution < -0.4 is 0 Å². The van der Waals surface area contributed by atoms with Gasteiger partial charge in [-0.1, -0.05) is 23.7 Å². The first kappa shape index (κ1) is 18.8. The highest BCUT2D eigenvalue weighted by Gasteiger charge is 2.42. The van der Waals surface area contributed by atoms with E-state index in [1.807, 2.05) is 0 Å². The Morgan fingerprint density at radius 2 is 1.57 bits per heavy atom. The lowest BCUT2D eigenvalue weighted by molar-refractivity contribution is 0.128. The molecule has 1 unspecified atom stereocenters. The van der Waals surface area contributed by atoms with E-state index in [0.29, 0.717) is 5.02 Å². The zero-order chi connectivity index (χ0) is 16.1. The predicted molar refractivity (Wildman–Crippen MR) is 78.2 cm³/mol. The molecular formula is C11H17ClO7P2. The van der Waals surface area contributed by atoms with Gasteiger partial charge >= 0.3 is 15.4 Å². The topological polar surface area (TPSA) is 102 Å². The smallest absolute Gasteiger partial charge is 0.307 e. The third-order valence-electron chi connectivity index (χ3n) is 2.30. The molecule has 1 aromatic carbocycles. The van der Waals surface area contributed by atoms with Crippen molar-refractivity contribution in [3.05, 3.63) is 34.9 Å². The molecule has 0 aromatic heterocycles. The maximum absolute atomic E-state index is 12.7. The summed E-state index contributed by atoms with van der Waals surface area (Å²) in [6, 6.07) is 5.84. The lowest BCUT2D eigenvalue weighted by Gasteiger charge is -2.26. The molecule has 0 saturated carbocycles. The van der Waals surface area contributed by atoms with Crippen LogP contribution in [0.5, 0.6) is 0 Å². The van der Waals surface area contributed by atoms with Crippen molar-refractivity contribution in [1.82, 2.24) is 0 Å². The number of hydrogen-bond donors (Lipinski definition) is 2. The van der Waals surface area contributed by atoms with Crippen LogP contribution in [0.3, 0.4) is 0 Å². The first-order valence-corrected chi connectivity index (χ1v) is 9.62. The van der Waals surface area contributed by atoms with Gasteiger partial charge in [0.15, 0.2) is 5.85 Å². The Balaban J connectivity index is 3.25. The largest absolute Gasteiger partial charge is 0.470 e. The van der Waals surface area contributed by atoms with Crippen LogP contribution in [0.4, 0.5) is 0 Å². The van der Waals surface area contributed by atoms with E-state index < -0.39 is 21.3 Å². The monoisotopic (exact) mass is 358 g/mol. The minimum absolute atomic E-state index is 0.0336. The third-order valence-corrected chi connectivity index (χ3v) is 5.42. The Morgan fingerprint density at radius 1 is 1.10 bits per heavy atom. The lowest BCUT2D eigenvalue weighted by Crippen LogP contribution is -2.09. The van der Waals surface area contributed by atoms with E-state index in [1.165, 1.54) is 24.3 Å². The molecule has 10 heteroatoms. The summed E-state index contributed by atoms with van der Waals surface area (Å²) in [5.74, 6) is -1.55. The molecule has 0 aliphatic rings. The summed E-state index contributed by atoms with van der Waals surface area (Å²) in [6.45, 7) is 3.24. The Bertz CT molecular complexity index is 532. The van der Waals surface area contributed by atoms with Gasteiger partial charge < -0.3 is 18.8 Å². The Kier molecular flexibility index (Phi) is 7.04. The van der Waals surface area contributed by atoms with Crippen LogP contribution in [0.1, 0.15) is 25.3 Å². The summed E-state index contributed by atoms with van der Waals surface area (Å²) in [5, 5.41) is 0.413. The average Bonchev–Trinajstić information content (AvgIpc) is 2.37. The number of hydrogen-bond acceptors (Lipinski definition) is 5. The van der Waals surface area contributed by atoms with Gasteiger partial charge in [0.25, 0.3) is 0 Å². The standard InChI is InChI=1S/C11H17ClO7P2/c1-3-17-20(13,18-4-2)11(19-21(14,15)16)9-5-7-10(12)8-6-9/h5-8,11H,3-4H2,1-2H3,(H2,14,15,16). The molecule has 0 aliphatic heterocycles. The molecule has 1 aromatic rings. The summed E-state index contributed by atoms with van der Waals surface area (Å²) in [4.78, 5) is 18.1. The van der Waals surface area contributed by atoms with Crippen LogP contribution in [-0.4, -0.2) is 23.0 Å². The molecule has 120 valence electrons. The highest BCUT2D eigenvalue weighted by Crippen LogP contribution is 2.65. The van der Waals surface area contributed by atoms with Crippen LogP contribution in [0.15, 0.2) is 24.3 Å². The van der Waals surface area contributed by atoms with Crippen LogP contribution in [0.25, 0.3) is 0 Å². The molecule has 0 saturated heterocycles. The Hall–Kier alpha value is -0.230. The van der Waals surface area contributed by atoms with E-state index in [4.69, 9.17) is 30.4 Å². The molecule has 1 atom stereocenters. The van der Waals surface area contributed by atoms with E-state index in [9.17, 15) is 9.13 Å². The first-order valence-electron chi connectivity index (χ1n) is 6.10. The van der Waals surface area contributed by atoms with Gasteiger partial charge in [-0.05, 0) is 31.5 Å². The SMILES string of the molecule is CCOP(=O)(OCC)C(OP(=O)(O)O)c1ccc(Cl)cc1. The Morgan fingerprint density at radius 3 is 1.95 bits per heavy atom. The van der Waals surface area contributed by atoms with Crippen LogP contribution in [0.2, 0.25) is 5.02 Å². The minimum atomic E-state index is -4.91. The van der Waals surface area contributed by atoms with Gasteiger partial charge in [0, 0.05) is 5.02 Å². The number of phosphoric ester groups is 1. The fourth-order valence-electron chi connectivity index (χ4n) is 1.59. The van der Waals surface area contributed by atoms with Gasteiger partial charge in [0.05, 0.1) is 13.2 Å². The molecule has 0 amide bonds. The highest BCUT2D eigenvalue weighted by molar-refractivity contribution is 7.55. The minimum Gasteiger partial charge on any atom is -0.307 e. The molecule has 0 spiro atoms. The fourth-order valence-corrected chi connectivity index (χ4v) is 4.53. The van der Waals surface area contributed by atoms with Crippen molar-refractivity contribution in [2.75, 3.05) is 13.2 Å². The van der Waals surface area contributed by atoms with E-state index in [1.54, 1.807) is 13.8 Å². The molecule has 2 N–H and O–H groups in total. The van der Waals surface area contributed by atoms with Crippen molar-refractivity contribution in [3.8, 4) is 0 Å². The van der Waals surface area contributed by atoms with Gasteiger partial charge in [-0.3, -0.25) is 9.09 Å². The van der Waals surface area contributed by atoms with Gasteiger partial charge in [-0.15, -0.1) is 0 Å². The van der Waals surface area contributed by atoms with Crippen molar-refractivity contribution >= 4 is 27.0 Å². The number of benzene rings is 1. The molecule has 21 heavy (non-hydrogen) atoms. The fraction of sp³-hybridized carbons (Fsp3) is 0.455. The molecule has 0 fully saturated rings. The van der Waals surface area contributed by atoms with Gasteiger partial charge in [-0.2, -0.15) is 0 Å². The second kappa shape index (κ2) is 7.86. The molecule has 0 bridgehead atoms. The molecule has 0 heterocycles. The van der Waals surface area contributed by atoms with Crippen molar-refractivity contribution in [1.29, 1.82) is 0 Å². The van der Waals surface area contributed by atoms with Crippen molar-refractivity contribution in [2.45, 2.75) is 19.7 Å². The molecule has 0 aliphatic carbocycles. The molecular weight excluding hydrogens is 342 g/mol. The van der Waals surface area contributed by atoms with E-state index in [0.717, 1.165) is 0 Å². The van der Waals surface area contributed by atoms with Gasteiger partial charge in [-0.25, -0.2) is 4.57 Å². The molecule has 7 nitrogen and oxygen atoms in total. The summed E-state index contributed by atoms with van der Waals surface area (Å²) in [5.41, 5.74) is 0.230. The first-order chi connectivity index (χ1) is 9.72. The van der Waals surface area contributed by atoms with Crippen LogP contribution in [-0.2, 0) is 22.7 Å². The maximum Gasteiger partial charge on any atom is 0.470 e. The number of rotatable bonds is 8. The summed E-state index contributed by atoms with van der Waals surface area (Å²) < 4.78 is 38.7. The second-order valence-corrected chi connectivity index (χ2v) is 7.57. The Labute approximate surface area is 128 Å². The van der Waals surface area contributed by atoms with Gasteiger partial charge in [0.2, 0.25) is 0 Å².